The topological polar surface area (TPSA) is 23.6 Å². The molecule has 0 bridgehead atoms. The van der Waals surface area contributed by atoms with Crippen LogP contribution < -0.4 is 0 Å². The molecular formula is C20H23FN2O. The first-order valence-electron chi connectivity index (χ1n) is 8.44. The number of aryl methyl sites for hydroxylation is 1. The van der Waals surface area contributed by atoms with Crippen LogP contribution in [-0.2, 0) is 6.54 Å². The summed E-state index contributed by atoms with van der Waals surface area (Å²) in [4.78, 5) is 16.9. The van der Waals surface area contributed by atoms with Gasteiger partial charge in [0.15, 0.2) is 0 Å². The fourth-order valence-corrected chi connectivity index (χ4v) is 3.06. The summed E-state index contributed by atoms with van der Waals surface area (Å²) in [6.07, 6.45) is 0.957. The molecule has 0 radical (unpaired) electrons. The molecule has 1 aliphatic rings. The molecule has 3 nitrogen and oxygen atoms in total. The molecule has 24 heavy (non-hydrogen) atoms. The van der Waals surface area contributed by atoms with Crippen LogP contribution in [0.15, 0.2) is 48.5 Å². The van der Waals surface area contributed by atoms with Gasteiger partial charge in [0.25, 0.3) is 5.91 Å². The molecule has 0 spiro atoms. The largest absolute Gasteiger partial charge is 0.337 e. The summed E-state index contributed by atoms with van der Waals surface area (Å²) >= 11 is 0. The summed E-state index contributed by atoms with van der Waals surface area (Å²) in [6, 6.07) is 14.4. The van der Waals surface area contributed by atoms with Gasteiger partial charge in [-0.15, -0.1) is 0 Å². The van der Waals surface area contributed by atoms with Crippen LogP contribution >= 0.6 is 0 Å². The minimum absolute atomic E-state index is 0.110. The lowest BCUT2D eigenvalue weighted by Crippen LogP contribution is -2.35. The first kappa shape index (κ1) is 16.7. The monoisotopic (exact) mass is 326 g/mol. The third-order valence-electron chi connectivity index (χ3n) is 4.49. The van der Waals surface area contributed by atoms with Crippen LogP contribution in [0.1, 0.15) is 27.9 Å². The Bertz CT molecular complexity index is 682. The standard InChI is InChI=1S/C20H23FN2O/c1-16-3-7-18(8-4-16)20(24)23-12-2-11-22(13-14-23)15-17-5-9-19(21)10-6-17/h3-10H,2,11-15H2,1H3. The third kappa shape index (κ3) is 4.20. The Balaban J connectivity index is 1.59. The van der Waals surface area contributed by atoms with Gasteiger partial charge in [-0.1, -0.05) is 29.8 Å². The summed E-state index contributed by atoms with van der Waals surface area (Å²) in [5.74, 6) is -0.0943. The van der Waals surface area contributed by atoms with Gasteiger partial charge in [-0.3, -0.25) is 9.69 Å². The van der Waals surface area contributed by atoms with E-state index >= 15 is 0 Å². The van der Waals surface area contributed by atoms with Crippen molar-refractivity contribution < 1.29 is 9.18 Å². The first-order chi connectivity index (χ1) is 11.6. The summed E-state index contributed by atoms with van der Waals surface area (Å²) in [6.45, 7) is 6.13. The maximum atomic E-state index is 13.0. The second kappa shape index (κ2) is 7.58. The third-order valence-corrected chi connectivity index (χ3v) is 4.49. The lowest BCUT2D eigenvalue weighted by atomic mass is 10.1. The van der Waals surface area contributed by atoms with Crippen LogP contribution in [0.5, 0.6) is 0 Å². The van der Waals surface area contributed by atoms with Crippen molar-refractivity contribution in [3.63, 3.8) is 0 Å². The predicted octanol–water partition coefficient (Wildman–Crippen LogP) is 3.48. The molecule has 0 aliphatic carbocycles. The van der Waals surface area contributed by atoms with Gasteiger partial charge in [0, 0.05) is 38.3 Å². The van der Waals surface area contributed by atoms with Crippen LogP contribution in [0.4, 0.5) is 4.39 Å². The molecule has 1 fully saturated rings. The highest BCUT2D eigenvalue weighted by Gasteiger charge is 2.20. The van der Waals surface area contributed by atoms with E-state index in [1.807, 2.05) is 48.2 Å². The molecule has 0 atom stereocenters. The normalized spacial score (nSPS) is 16.0. The van der Waals surface area contributed by atoms with Gasteiger partial charge in [0.1, 0.15) is 5.82 Å². The van der Waals surface area contributed by atoms with E-state index in [1.165, 1.54) is 12.1 Å². The predicted molar refractivity (Wildman–Crippen MR) is 93.4 cm³/mol. The fraction of sp³-hybridized carbons (Fsp3) is 0.350. The molecule has 0 unspecified atom stereocenters. The number of amides is 1. The van der Waals surface area contributed by atoms with E-state index in [0.717, 1.165) is 55.8 Å². The molecule has 3 rings (SSSR count). The van der Waals surface area contributed by atoms with E-state index in [2.05, 4.69) is 4.90 Å². The summed E-state index contributed by atoms with van der Waals surface area (Å²) < 4.78 is 13.0. The smallest absolute Gasteiger partial charge is 0.253 e. The average molecular weight is 326 g/mol. The molecule has 1 heterocycles. The van der Waals surface area contributed by atoms with Crippen molar-refractivity contribution in [2.24, 2.45) is 0 Å². The highest BCUT2D eigenvalue weighted by molar-refractivity contribution is 5.94. The molecule has 126 valence electrons. The highest BCUT2D eigenvalue weighted by Crippen LogP contribution is 2.13. The number of carbonyl (C=O) groups excluding carboxylic acids is 1. The summed E-state index contributed by atoms with van der Waals surface area (Å²) in [7, 11) is 0. The van der Waals surface area contributed by atoms with Gasteiger partial charge in [-0.25, -0.2) is 4.39 Å². The van der Waals surface area contributed by atoms with Crippen LogP contribution in [0.2, 0.25) is 0 Å². The molecule has 1 saturated heterocycles. The lowest BCUT2D eigenvalue weighted by molar-refractivity contribution is 0.0761. The van der Waals surface area contributed by atoms with E-state index in [4.69, 9.17) is 0 Å². The Labute approximate surface area is 142 Å². The number of rotatable bonds is 3. The van der Waals surface area contributed by atoms with Gasteiger partial charge >= 0.3 is 0 Å². The van der Waals surface area contributed by atoms with Gasteiger partial charge in [-0.05, 0) is 43.2 Å². The van der Waals surface area contributed by atoms with E-state index in [-0.39, 0.29) is 11.7 Å². The second-order valence-electron chi connectivity index (χ2n) is 6.41. The van der Waals surface area contributed by atoms with Gasteiger partial charge in [0.2, 0.25) is 0 Å². The molecule has 0 aromatic heterocycles. The Hall–Kier alpha value is -2.20. The van der Waals surface area contributed by atoms with Crippen LogP contribution in [0.25, 0.3) is 0 Å². The number of nitrogens with zero attached hydrogens (tertiary/aromatic N) is 2. The molecule has 1 amide bonds. The number of carbonyl (C=O) groups is 1. The zero-order chi connectivity index (χ0) is 16.9. The van der Waals surface area contributed by atoms with Gasteiger partial charge in [-0.2, -0.15) is 0 Å². The van der Waals surface area contributed by atoms with Crippen molar-refractivity contribution in [1.82, 2.24) is 9.80 Å². The molecule has 0 N–H and O–H groups in total. The molecule has 2 aromatic rings. The van der Waals surface area contributed by atoms with Gasteiger partial charge in [0.05, 0.1) is 0 Å². The summed E-state index contributed by atoms with van der Waals surface area (Å²) in [5, 5.41) is 0. The van der Waals surface area contributed by atoms with Crippen LogP contribution in [0, 0.1) is 12.7 Å². The lowest BCUT2D eigenvalue weighted by Gasteiger charge is -2.22. The van der Waals surface area contributed by atoms with Crippen molar-refractivity contribution in [3.8, 4) is 0 Å². The van der Waals surface area contributed by atoms with E-state index in [1.54, 1.807) is 0 Å². The Morgan fingerprint density at radius 1 is 0.958 bits per heavy atom. The van der Waals surface area contributed by atoms with E-state index in [9.17, 15) is 9.18 Å². The molecule has 1 aliphatic heterocycles. The molecule has 0 saturated carbocycles. The molecular weight excluding hydrogens is 303 g/mol. The Kier molecular flexibility index (Phi) is 5.26. The van der Waals surface area contributed by atoms with E-state index < -0.39 is 0 Å². The minimum Gasteiger partial charge on any atom is -0.337 e. The van der Waals surface area contributed by atoms with Crippen LogP contribution in [0.3, 0.4) is 0 Å². The van der Waals surface area contributed by atoms with Crippen molar-refractivity contribution in [2.75, 3.05) is 26.2 Å². The maximum absolute atomic E-state index is 13.0. The van der Waals surface area contributed by atoms with E-state index in [0.29, 0.717) is 0 Å². The first-order valence-corrected chi connectivity index (χ1v) is 8.44. The number of hydrogen-bond acceptors (Lipinski definition) is 2. The van der Waals surface area contributed by atoms with Crippen molar-refractivity contribution in [2.45, 2.75) is 19.9 Å². The zero-order valence-corrected chi connectivity index (χ0v) is 14.0. The van der Waals surface area contributed by atoms with Crippen molar-refractivity contribution in [1.29, 1.82) is 0 Å². The quantitative estimate of drug-likeness (QED) is 0.862. The second-order valence-corrected chi connectivity index (χ2v) is 6.41. The number of halogens is 1. The zero-order valence-electron chi connectivity index (χ0n) is 14.0. The minimum atomic E-state index is -0.204. The fourth-order valence-electron chi connectivity index (χ4n) is 3.06. The number of hydrogen-bond donors (Lipinski definition) is 0. The Morgan fingerprint density at radius 3 is 2.38 bits per heavy atom. The Morgan fingerprint density at radius 2 is 1.67 bits per heavy atom. The molecule has 2 aromatic carbocycles. The van der Waals surface area contributed by atoms with Crippen molar-refractivity contribution in [3.05, 3.63) is 71.0 Å². The van der Waals surface area contributed by atoms with Crippen LogP contribution in [-0.4, -0.2) is 41.9 Å². The average Bonchev–Trinajstić information content (AvgIpc) is 2.83. The highest BCUT2D eigenvalue weighted by atomic mass is 19.1. The molecule has 4 heteroatoms. The number of benzene rings is 2. The van der Waals surface area contributed by atoms with Crippen molar-refractivity contribution >= 4 is 5.91 Å². The SMILES string of the molecule is Cc1ccc(C(=O)N2CCCN(Cc3ccc(F)cc3)CC2)cc1. The maximum Gasteiger partial charge on any atom is 0.253 e. The van der Waals surface area contributed by atoms with Gasteiger partial charge < -0.3 is 4.90 Å². The summed E-state index contributed by atoms with van der Waals surface area (Å²) in [5.41, 5.74) is 3.02.